The van der Waals surface area contributed by atoms with Gasteiger partial charge in [0.15, 0.2) is 0 Å². The van der Waals surface area contributed by atoms with Crippen molar-refractivity contribution in [3.8, 4) is 0 Å². The van der Waals surface area contributed by atoms with Gasteiger partial charge in [0.05, 0.1) is 0 Å². The van der Waals surface area contributed by atoms with Crippen LogP contribution in [0.15, 0.2) is 24.3 Å². The zero-order valence-corrected chi connectivity index (χ0v) is 8.42. The zero-order chi connectivity index (χ0) is 9.10. The molecule has 70 valence electrons. The van der Waals surface area contributed by atoms with Crippen molar-refractivity contribution in [1.82, 2.24) is 0 Å². The fourth-order valence-corrected chi connectivity index (χ4v) is 1.91. The maximum Gasteiger partial charge on any atom is -0.0274 e. The van der Waals surface area contributed by atoms with E-state index in [1.54, 1.807) is 11.1 Å². The molecule has 0 bridgehead atoms. The van der Waals surface area contributed by atoms with Gasteiger partial charge in [-0.2, -0.15) is 0 Å². The lowest BCUT2D eigenvalue weighted by Crippen LogP contribution is -1.93. The van der Waals surface area contributed by atoms with Crippen molar-refractivity contribution in [2.45, 2.75) is 39.0 Å². The maximum atomic E-state index is 2.29. The van der Waals surface area contributed by atoms with Gasteiger partial charge in [-0.05, 0) is 36.3 Å². The molecule has 0 atom stereocenters. The smallest absolute Gasteiger partial charge is 0.0274 e. The van der Waals surface area contributed by atoms with Crippen LogP contribution in [-0.4, -0.2) is 0 Å². The normalized spacial score (nSPS) is 16.1. The first-order valence-corrected chi connectivity index (χ1v) is 5.47. The molecule has 0 amide bonds. The highest BCUT2D eigenvalue weighted by molar-refractivity contribution is 5.27. The van der Waals surface area contributed by atoms with Gasteiger partial charge in [0.25, 0.3) is 0 Å². The van der Waals surface area contributed by atoms with Gasteiger partial charge >= 0.3 is 0 Å². The minimum absolute atomic E-state index is 1.06. The van der Waals surface area contributed by atoms with Gasteiger partial charge < -0.3 is 0 Å². The van der Waals surface area contributed by atoms with Crippen LogP contribution < -0.4 is 0 Å². The van der Waals surface area contributed by atoms with Gasteiger partial charge in [-0.15, -0.1) is 0 Å². The first kappa shape index (κ1) is 8.80. The molecular formula is C13H18. The van der Waals surface area contributed by atoms with E-state index >= 15 is 0 Å². The van der Waals surface area contributed by atoms with Crippen molar-refractivity contribution in [2.75, 3.05) is 0 Å². The Labute approximate surface area is 81.0 Å². The molecule has 1 aliphatic rings. The van der Waals surface area contributed by atoms with Crippen molar-refractivity contribution in [3.05, 3.63) is 35.4 Å². The highest BCUT2D eigenvalue weighted by Gasteiger charge is 2.20. The second-order valence-electron chi connectivity index (χ2n) is 4.10. The molecule has 0 heterocycles. The first-order valence-electron chi connectivity index (χ1n) is 5.47. The van der Waals surface area contributed by atoms with Crippen LogP contribution in [0.5, 0.6) is 0 Å². The monoisotopic (exact) mass is 174 g/mol. The van der Waals surface area contributed by atoms with Crippen LogP contribution in [0.25, 0.3) is 0 Å². The average Bonchev–Trinajstić information content (AvgIpc) is 2.99. The fraction of sp³-hybridized carbons (Fsp3) is 0.538. The Morgan fingerprint density at radius 2 is 1.85 bits per heavy atom. The lowest BCUT2D eigenvalue weighted by molar-refractivity contribution is 0.722. The van der Waals surface area contributed by atoms with E-state index in [0.29, 0.717) is 0 Å². The van der Waals surface area contributed by atoms with Crippen molar-refractivity contribution < 1.29 is 0 Å². The molecule has 1 aromatic carbocycles. The van der Waals surface area contributed by atoms with Crippen molar-refractivity contribution in [2.24, 2.45) is 5.92 Å². The summed E-state index contributed by atoms with van der Waals surface area (Å²) in [5, 5.41) is 0. The number of hydrogen-bond acceptors (Lipinski definition) is 0. The Balaban J connectivity index is 1.99. The molecule has 0 unspecified atom stereocenters. The summed E-state index contributed by atoms with van der Waals surface area (Å²) in [6.45, 7) is 2.25. The first-order chi connectivity index (χ1) is 6.40. The molecule has 0 saturated heterocycles. The lowest BCUT2D eigenvalue weighted by atomic mass is 10.00. The molecule has 1 aromatic rings. The van der Waals surface area contributed by atoms with Crippen LogP contribution in [0, 0.1) is 5.92 Å². The highest BCUT2D eigenvalue weighted by Crippen LogP contribution is 2.33. The standard InChI is InChI=1S/C13H18/c1-2-12-5-3-4-6-13(12)10-9-11-7-8-11/h3-6,11H,2,7-10H2,1H3. The summed E-state index contributed by atoms with van der Waals surface area (Å²) in [5.41, 5.74) is 3.13. The van der Waals surface area contributed by atoms with E-state index in [0.717, 1.165) is 5.92 Å². The molecule has 0 aromatic heterocycles. The van der Waals surface area contributed by atoms with Crippen LogP contribution in [0.2, 0.25) is 0 Å². The summed E-state index contributed by atoms with van der Waals surface area (Å²) in [5.74, 6) is 1.06. The molecule has 1 saturated carbocycles. The van der Waals surface area contributed by atoms with E-state index in [1.165, 1.54) is 32.1 Å². The molecule has 0 nitrogen and oxygen atoms in total. The molecule has 2 rings (SSSR count). The number of hydrogen-bond donors (Lipinski definition) is 0. The predicted molar refractivity (Wildman–Crippen MR) is 56.9 cm³/mol. The van der Waals surface area contributed by atoms with Crippen molar-refractivity contribution >= 4 is 0 Å². The quantitative estimate of drug-likeness (QED) is 0.654. The topological polar surface area (TPSA) is 0 Å². The van der Waals surface area contributed by atoms with Crippen LogP contribution >= 0.6 is 0 Å². The summed E-state index contributed by atoms with van der Waals surface area (Å²) < 4.78 is 0. The zero-order valence-electron chi connectivity index (χ0n) is 8.42. The molecule has 0 spiro atoms. The van der Waals surface area contributed by atoms with Crippen LogP contribution in [0.4, 0.5) is 0 Å². The van der Waals surface area contributed by atoms with E-state index in [4.69, 9.17) is 0 Å². The van der Waals surface area contributed by atoms with Gasteiger partial charge in [-0.3, -0.25) is 0 Å². The summed E-state index contributed by atoms with van der Waals surface area (Å²) in [6, 6.07) is 8.88. The number of rotatable bonds is 4. The molecule has 0 aliphatic heterocycles. The Morgan fingerprint density at radius 3 is 2.46 bits per heavy atom. The molecule has 1 aliphatic carbocycles. The maximum absolute atomic E-state index is 2.29. The SMILES string of the molecule is CCc1ccccc1CCC1CC1. The number of aryl methyl sites for hydroxylation is 2. The second-order valence-corrected chi connectivity index (χ2v) is 4.10. The largest absolute Gasteiger partial charge is 0.0620 e. The third-order valence-corrected chi connectivity index (χ3v) is 3.02. The minimum Gasteiger partial charge on any atom is -0.0620 e. The molecule has 13 heavy (non-hydrogen) atoms. The minimum atomic E-state index is 1.06. The van der Waals surface area contributed by atoms with E-state index in [-0.39, 0.29) is 0 Å². The Bertz CT molecular complexity index is 271. The molecule has 1 fully saturated rings. The predicted octanol–water partition coefficient (Wildman–Crippen LogP) is 3.59. The fourth-order valence-electron chi connectivity index (χ4n) is 1.91. The summed E-state index contributed by atoms with van der Waals surface area (Å²) in [6.07, 6.45) is 6.86. The van der Waals surface area contributed by atoms with Gasteiger partial charge in [0.2, 0.25) is 0 Å². The van der Waals surface area contributed by atoms with Gasteiger partial charge in [0, 0.05) is 0 Å². The Hall–Kier alpha value is -0.780. The van der Waals surface area contributed by atoms with Crippen LogP contribution in [0.3, 0.4) is 0 Å². The van der Waals surface area contributed by atoms with E-state index in [2.05, 4.69) is 31.2 Å². The third-order valence-electron chi connectivity index (χ3n) is 3.02. The van der Waals surface area contributed by atoms with Crippen LogP contribution in [-0.2, 0) is 12.8 Å². The van der Waals surface area contributed by atoms with Crippen molar-refractivity contribution in [3.63, 3.8) is 0 Å². The summed E-state index contributed by atoms with van der Waals surface area (Å²) in [7, 11) is 0. The Kier molecular flexibility index (Phi) is 2.68. The summed E-state index contributed by atoms with van der Waals surface area (Å²) >= 11 is 0. The average molecular weight is 174 g/mol. The van der Waals surface area contributed by atoms with Gasteiger partial charge in [-0.25, -0.2) is 0 Å². The molecule has 0 radical (unpaired) electrons. The van der Waals surface area contributed by atoms with Gasteiger partial charge in [-0.1, -0.05) is 44.0 Å². The second kappa shape index (κ2) is 3.95. The van der Waals surface area contributed by atoms with Crippen LogP contribution in [0.1, 0.15) is 37.3 Å². The van der Waals surface area contributed by atoms with Gasteiger partial charge in [0.1, 0.15) is 0 Å². The molecular weight excluding hydrogens is 156 g/mol. The lowest BCUT2D eigenvalue weighted by Gasteiger charge is -2.06. The van der Waals surface area contributed by atoms with Crippen molar-refractivity contribution in [1.29, 1.82) is 0 Å². The molecule has 0 N–H and O–H groups in total. The molecule has 0 heteroatoms. The summed E-state index contributed by atoms with van der Waals surface area (Å²) in [4.78, 5) is 0. The number of benzene rings is 1. The highest BCUT2D eigenvalue weighted by atomic mass is 14.3. The Morgan fingerprint density at radius 1 is 1.15 bits per heavy atom. The van der Waals surface area contributed by atoms with E-state index in [9.17, 15) is 0 Å². The van der Waals surface area contributed by atoms with E-state index < -0.39 is 0 Å². The van der Waals surface area contributed by atoms with E-state index in [1.807, 2.05) is 0 Å². The third kappa shape index (κ3) is 2.33.